The maximum atomic E-state index is 13.1. The summed E-state index contributed by atoms with van der Waals surface area (Å²) in [6.45, 7) is 5.76. The summed E-state index contributed by atoms with van der Waals surface area (Å²) in [4.78, 5) is 26.4. The van der Waals surface area contributed by atoms with E-state index in [0.717, 1.165) is 0 Å². The SMILES string of the molecule is CCN(C(=O)OC)c1c(C(=O)c2cnoc2C(C)C)ccc(Cl)c1Cl. The molecule has 0 saturated heterocycles. The molecule has 0 bridgehead atoms. The summed E-state index contributed by atoms with van der Waals surface area (Å²) in [5, 5.41) is 4.04. The first-order chi connectivity index (χ1) is 11.8. The molecule has 6 nitrogen and oxygen atoms in total. The summed E-state index contributed by atoms with van der Waals surface area (Å²) in [5.41, 5.74) is 0.728. The van der Waals surface area contributed by atoms with Gasteiger partial charge in [-0.05, 0) is 19.1 Å². The van der Waals surface area contributed by atoms with Crippen LogP contribution in [-0.4, -0.2) is 30.7 Å². The zero-order chi connectivity index (χ0) is 18.7. The number of halogens is 2. The van der Waals surface area contributed by atoms with E-state index in [2.05, 4.69) is 5.16 Å². The predicted octanol–water partition coefficient (Wildman–Crippen LogP) is 4.93. The maximum absolute atomic E-state index is 13.1. The number of anilines is 1. The smallest absolute Gasteiger partial charge is 0.414 e. The molecule has 0 aliphatic rings. The molecule has 0 aliphatic carbocycles. The van der Waals surface area contributed by atoms with Crippen molar-refractivity contribution < 1.29 is 18.8 Å². The lowest BCUT2D eigenvalue weighted by atomic mass is 9.98. The molecule has 2 rings (SSSR count). The van der Waals surface area contributed by atoms with E-state index in [-0.39, 0.29) is 39.5 Å². The summed E-state index contributed by atoms with van der Waals surface area (Å²) < 4.78 is 9.97. The van der Waals surface area contributed by atoms with Crippen molar-refractivity contribution in [1.82, 2.24) is 5.16 Å². The van der Waals surface area contributed by atoms with Crippen LogP contribution in [0.3, 0.4) is 0 Å². The van der Waals surface area contributed by atoms with Gasteiger partial charge in [0.1, 0.15) is 5.76 Å². The molecule has 0 unspecified atom stereocenters. The predicted molar refractivity (Wildman–Crippen MR) is 95.9 cm³/mol. The number of carbonyl (C=O) groups is 2. The van der Waals surface area contributed by atoms with Crippen molar-refractivity contribution in [2.75, 3.05) is 18.6 Å². The standard InChI is InChI=1S/C17H18Cl2N2O4/c1-5-21(17(23)24-4)14-10(6-7-12(18)13(14)19)15(22)11-8-20-25-16(11)9(2)3/h6-9H,5H2,1-4H3. The Balaban J connectivity index is 2.65. The molecule has 1 aromatic heterocycles. The quantitative estimate of drug-likeness (QED) is 0.683. The summed E-state index contributed by atoms with van der Waals surface area (Å²) in [7, 11) is 1.25. The third kappa shape index (κ3) is 3.65. The molecule has 0 N–H and O–H groups in total. The van der Waals surface area contributed by atoms with E-state index in [4.69, 9.17) is 32.5 Å². The first kappa shape index (κ1) is 19.3. The van der Waals surface area contributed by atoms with E-state index in [9.17, 15) is 9.59 Å². The maximum Gasteiger partial charge on any atom is 0.414 e. The Hall–Kier alpha value is -2.05. The summed E-state index contributed by atoms with van der Waals surface area (Å²) in [5.74, 6) is 0.0690. The zero-order valence-corrected chi connectivity index (χ0v) is 15.8. The van der Waals surface area contributed by atoms with Crippen LogP contribution in [0.2, 0.25) is 10.0 Å². The van der Waals surface area contributed by atoms with Crippen LogP contribution in [0.1, 0.15) is 48.4 Å². The number of nitrogens with zero attached hydrogens (tertiary/aromatic N) is 2. The third-order valence-corrected chi connectivity index (χ3v) is 4.46. The molecule has 0 atom stereocenters. The van der Waals surface area contributed by atoms with E-state index < -0.39 is 6.09 Å². The summed E-state index contributed by atoms with van der Waals surface area (Å²) >= 11 is 12.4. The van der Waals surface area contributed by atoms with Crippen molar-refractivity contribution in [3.63, 3.8) is 0 Å². The van der Waals surface area contributed by atoms with Crippen LogP contribution in [0, 0.1) is 0 Å². The highest BCUT2D eigenvalue weighted by atomic mass is 35.5. The number of ether oxygens (including phenoxy) is 1. The number of amides is 1. The van der Waals surface area contributed by atoms with Crippen molar-refractivity contribution in [3.8, 4) is 0 Å². The Morgan fingerprint density at radius 2 is 1.96 bits per heavy atom. The molecule has 134 valence electrons. The zero-order valence-electron chi connectivity index (χ0n) is 14.3. The normalized spacial score (nSPS) is 10.8. The Morgan fingerprint density at radius 3 is 2.52 bits per heavy atom. The van der Waals surface area contributed by atoms with Crippen LogP contribution < -0.4 is 4.90 Å². The monoisotopic (exact) mass is 384 g/mol. The molecule has 0 aliphatic heterocycles. The molecule has 1 heterocycles. The average Bonchev–Trinajstić information content (AvgIpc) is 3.08. The first-order valence-corrected chi connectivity index (χ1v) is 8.41. The summed E-state index contributed by atoms with van der Waals surface area (Å²) in [6, 6.07) is 3.03. The van der Waals surface area contributed by atoms with Crippen molar-refractivity contribution in [1.29, 1.82) is 0 Å². The Bertz CT molecular complexity index is 802. The van der Waals surface area contributed by atoms with Gasteiger partial charge in [-0.3, -0.25) is 9.69 Å². The number of hydrogen-bond acceptors (Lipinski definition) is 5. The number of rotatable bonds is 5. The number of methoxy groups -OCH3 is 1. The first-order valence-electron chi connectivity index (χ1n) is 7.66. The molecule has 0 radical (unpaired) electrons. The minimum Gasteiger partial charge on any atom is -0.452 e. The molecule has 0 saturated carbocycles. The van der Waals surface area contributed by atoms with Gasteiger partial charge in [0.15, 0.2) is 5.78 Å². The molecular formula is C17H18Cl2N2O4. The molecular weight excluding hydrogens is 367 g/mol. The second-order valence-corrected chi connectivity index (χ2v) is 6.34. The molecule has 0 spiro atoms. The summed E-state index contributed by atoms with van der Waals surface area (Å²) in [6.07, 6.45) is 0.716. The van der Waals surface area contributed by atoms with Gasteiger partial charge in [-0.25, -0.2) is 4.79 Å². The van der Waals surface area contributed by atoms with E-state index in [0.29, 0.717) is 11.3 Å². The molecule has 0 fully saturated rings. The Labute approximate surface area is 155 Å². The van der Waals surface area contributed by atoms with Crippen molar-refractivity contribution in [2.45, 2.75) is 26.7 Å². The highest BCUT2D eigenvalue weighted by Gasteiger charge is 2.28. The molecule has 8 heteroatoms. The van der Waals surface area contributed by atoms with Gasteiger partial charge in [-0.2, -0.15) is 0 Å². The van der Waals surface area contributed by atoms with E-state index in [1.165, 1.54) is 30.3 Å². The van der Waals surface area contributed by atoms with Gasteiger partial charge in [0.2, 0.25) is 0 Å². The molecule has 1 aromatic carbocycles. The second-order valence-electron chi connectivity index (χ2n) is 5.56. The van der Waals surface area contributed by atoms with Crippen molar-refractivity contribution >= 4 is 40.8 Å². The lowest BCUT2D eigenvalue weighted by Crippen LogP contribution is -2.32. The number of benzene rings is 1. The fraction of sp³-hybridized carbons (Fsp3) is 0.353. The number of ketones is 1. The van der Waals surface area contributed by atoms with Crippen LogP contribution in [0.15, 0.2) is 22.9 Å². The molecule has 1 amide bonds. The van der Waals surface area contributed by atoms with Gasteiger partial charge in [0.25, 0.3) is 0 Å². The van der Waals surface area contributed by atoms with Gasteiger partial charge < -0.3 is 9.26 Å². The van der Waals surface area contributed by atoms with Crippen LogP contribution >= 0.6 is 23.2 Å². The third-order valence-electron chi connectivity index (χ3n) is 3.66. The second kappa shape index (κ2) is 7.89. The molecule has 25 heavy (non-hydrogen) atoms. The number of carbonyl (C=O) groups excluding carboxylic acids is 2. The van der Waals surface area contributed by atoms with Crippen LogP contribution in [0.5, 0.6) is 0 Å². The van der Waals surface area contributed by atoms with Crippen LogP contribution in [0.4, 0.5) is 10.5 Å². The van der Waals surface area contributed by atoms with Crippen LogP contribution in [0.25, 0.3) is 0 Å². The minimum absolute atomic E-state index is 0.0319. The van der Waals surface area contributed by atoms with E-state index in [1.807, 2.05) is 13.8 Å². The fourth-order valence-electron chi connectivity index (χ4n) is 2.46. The minimum atomic E-state index is -0.643. The Kier molecular flexibility index (Phi) is 6.08. The number of hydrogen-bond donors (Lipinski definition) is 0. The molecule has 2 aromatic rings. The van der Waals surface area contributed by atoms with E-state index >= 15 is 0 Å². The van der Waals surface area contributed by atoms with E-state index in [1.54, 1.807) is 6.92 Å². The highest BCUT2D eigenvalue weighted by Crippen LogP contribution is 2.38. The highest BCUT2D eigenvalue weighted by molar-refractivity contribution is 6.44. The van der Waals surface area contributed by atoms with Gasteiger partial charge in [0, 0.05) is 18.0 Å². The Morgan fingerprint density at radius 1 is 1.28 bits per heavy atom. The topological polar surface area (TPSA) is 72.6 Å². The van der Waals surface area contributed by atoms with Gasteiger partial charge >= 0.3 is 6.09 Å². The van der Waals surface area contributed by atoms with Crippen molar-refractivity contribution in [3.05, 3.63) is 45.3 Å². The van der Waals surface area contributed by atoms with Gasteiger partial charge in [-0.15, -0.1) is 0 Å². The fourth-order valence-corrected chi connectivity index (χ4v) is 2.88. The average molecular weight is 385 g/mol. The lowest BCUT2D eigenvalue weighted by Gasteiger charge is -2.23. The van der Waals surface area contributed by atoms with Gasteiger partial charge in [0.05, 0.1) is 34.6 Å². The largest absolute Gasteiger partial charge is 0.452 e. The lowest BCUT2D eigenvalue weighted by molar-refractivity contribution is 0.103. The number of aromatic nitrogens is 1. The van der Waals surface area contributed by atoms with Crippen molar-refractivity contribution in [2.24, 2.45) is 0 Å². The van der Waals surface area contributed by atoms with Gasteiger partial charge in [-0.1, -0.05) is 42.2 Å². The van der Waals surface area contributed by atoms with Crippen LogP contribution in [-0.2, 0) is 4.74 Å².